The zero-order valence-electron chi connectivity index (χ0n) is 8.87. The minimum atomic E-state index is 0.460. The lowest BCUT2D eigenvalue weighted by Gasteiger charge is -2.34. The molecule has 0 bridgehead atoms. The van der Waals surface area contributed by atoms with Gasteiger partial charge in [-0.2, -0.15) is 0 Å². The monoisotopic (exact) mass is 225 g/mol. The predicted octanol–water partition coefficient (Wildman–Crippen LogP) is 2.61. The van der Waals surface area contributed by atoms with Crippen molar-refractivity contribution >= 4 is 11.6 Å². The SMILES string of the molecule is COC1CC(NCc2cccc(Cl)c2)C1. The molecule has 2 rings (SSSR count). The topological polar surface area (TPSA) is 21.3 Å². The van der Waals surface area contributed by atoms with Gasteiger partial charge in [-0.15, -0.1) is 0 Å². The summed E-state index contributed by atoms with van der Waals surface area (Å²) in [6.07, 6.45) is 2.70. The van der Waals surface area contributed by atoms with Crippen LogP contribution in [-0.4, -0.2) is 19.3 Å². The summed E-state index contributed by atoms with van der Waals surface area (Å²) < 4.78 is 5.23. The highest BCUT2D eigenvalue weighted by molar-refractivity contribution is 6.30. The van der Waals surface area contributed by atoms with Gasteiger partial charge in [0, 0.05) is 24.7 Å². The molecule has 82 valence electrons. The molecule has 1 aromatic carbocycles. The van der Waals surface area contributed by atoms with Crippen molar-refractivity contribution in [2.24, 2.45) is 0 Å². The lowest BCUT2D eigenvalue weighted by molar-refractivity contribution is 0.0170. The fourth-order valence-corrected chi connectivity index (χ4v) is 2.05. The molecule has 1 N–H and O–H groups in total. The van der Waals surface area contributed by atoms with Crippen LogP contribution in [0.4, 0.5) is 0 Å². The van der Waals surface area contributed by atoms with Crippen LogP contribution in [0.15, 0.2) is 24.3 Å². The molecule has 1 aromatic rings. The third kappa shape index (κ3) is 2.94. The summed E-state index contributed by atoms with van der Waals surface area (Å²) in [6.45, 7) is 0.891. The largest absolute Gasteiger partial charge is 0.381 e. The second-order valence-corrected chi connectivity index (χ2v) is 4.47. The average molecular weight is 226 g/mol. The standard InChI is InChI=1S/C12H16ClNO/c1-15-12-6-11(7-12)14-8-9-3-2-4-10(13)5-9/h2-5,11-12,14H,6-8H2,1H3. The van der Waals surface area contributed by atoms with Crippen molar-refractivity contribution < 1.29 is 4.74 Å². The molecule has 1 aliphatic rings. The Kier molecular flexibility index (Phi) is 3.62. The molecule has 0 spiro atoms. The molecule has 0 saturated heterocycles. The van der Waals surface area contributed by atoms with E-state index >= 15 is 0 Å². The fraction of sp³-hybridized carbons (Fsp3) is 0.500. The van der Waals surface area contributed by atoms with Gasteiger partial charge in [0.2, 0.25) is 0 Å². The molecule has 15 heavy (non-hydrogen) atoms. The second-order valence-electron chi connectivity index (χ2n) is 4.04. The minimum Gasteiger partial charge on any atom is -0.381 e. The molecule has 2 nitrogen and oxygen atoms in total. The summed E-state index contributed by atoms with van der Waals surface area (Å²) in [5.41, 5.74) is 1.24. The minimum absolute atomic E-state index is 0.460. The van der Waals surface area contributed by atoms with Gasteiger partial charge in [0.25, 0.3) is 0 Å². The first-order valence-electron chi connectivity index (χ1n) is 5.28. The molecule has 1 aliphatic carbocycles. The molecule has 0 atom stereocenters. The predicted molar refractivity (Wildman–Crippen MR) is 62.1 cm³/mol. The molecule has 0 aromatic heterocycles. The van der Waals surface area contributed by atoms with E-state index in [9.17, 15) is 0 Å². The van der Waals surface area contributed by atoms with E-state index in [1.54, 1.807) is 7.11 Å². The van der Waals surface area contributed by atoms with Crippen LogP contribution in [0.2, 0.25) is 5.02 Å². The van der Waals surface area contributed by atoms with Crippen molar-refractivity contribution in [2.45, 2.75) is 31.5 Å². The molecular weight excluding hydrogens is 210 g/mol. The van der Waals surface area contributed by atoms with E-state index in [-0.39, 0.29) is 0 Å². The first-order chi connectivity index (χ1) is 7.28. The number of hydrogen-bond donors (Lipinski definition) is 1. The molecular formula is C12H16ClNO. The van der Waals surface area contributed by atoms with Crippen LogP contribution in [0.5, 0.6) is 0 Å². The van der Waals surface area contributed by atoms with Crippen molar-refractivity contribution in [1.82, 2.24) is 5.32 Å². The normalized spacial score (nSPS) is 24.9. The van der Waals surface area contributed by atoms with E-state index in [2.05, 4.69) is 11.4 Å². The van der Waals surface area contributed by atoms with Crippen LogP contribution in [-0.2, 0) is 11.3 Å². The van der Waals surface area contributed by atoms with Gasteiger partial charge in [-0.05, 0) is 30.5 Å². The number of hydrogen-bond acceptors (Lipinski definition) is 2. The molecule has 1 saturated carbocycles. The second kappa shape index (κ2) is 4.97. The van der Waals surface area contributed by atoms with Crippen LogP contribution in [0.1, 0.15) is 18.4 Å². The average Bonchev–Trinajstić information content (AvgIpc) is 2.16. The smallest absolute Gasteiger partial charge is 0.0601 e. The van der Waals surface area contributed by atoms with Crippen LogP contribution >= 0.6 is 11.6 Å². The third-order valence-electron chi connectivity index (χ3n) is 2.91. The Hall–Kier alpha value is -0.570. The summed E-state index contributed by atoms with van der Waals surface area (Å²) in [7, 11) is 1.78. The highest BCUT2D eigenvalue weighted by Gasteiger charge is 2.28. The summed E-state index contributed by atoms with van der Waals surface area (Å²) in [5, 5.41) is 4.29. The zero-order valence-corrected chi connectivity index (χ0v) is 9.63. The Morgan fingerprint density at radius 2 is 2.27 bits per heavy atom. The Labute approximate surface area is 95.6 Å². The third-order valence-corrected chi connectivity index (χ3v) is 3.15. The summed E-state index contributed by atoms with van der Waals surface area (Å²) in [5.74, 6) is 0. The van der Waals surface area contributed by atoms with E-state index < -0.39 is 0 Å². The number of nitrogens with one attached hydrogen (secondary N) is 1. The Morgan fingerprint density at radius 3 is 2.93 bits per heavy atom. The van der Waals surface area contributed by atoms with Crippen molar-refractivity contribution in [1.29, 1.82) is 0 Å². The van der Waals surface area contributed by atoms with E-state index in [0.29, 0.717) is 12.1 Å². The van der Waals surface area contributed by atoms with E-state index in [1.165, 1.54) is 5.56 Å². The number of ether oxygens (including phenoxy) is 1. The first-order valence-corrected chi connectivity index (χ1v) is 5.66. The number of benzene rings is 1. The highest BCUT2D eigenvalue weighted by atomic mass is 35.5. The molecule has 0 aliphatic heterocycles. The van der Waals surface area contributed by atoms with Crippen LogP contribution in [0, 0.1) is 0 Å². The summed E-state index contributed by atoms with van der Waals surface area (Å²) in [4.78, 5) is 0. The molecule has 3 heteroatoms. The van der Waals surface area contributed by atoms with Gasteiger partial charge in [-0.3, -0.25) is 0 Å². The van der Waals surface area contributed by atoms with E-state index in [0.717, 1.165) is 24.4 Å². The lowest BCUT2D eigenvalue weighted by Crippen LogP contribution is -2.44. The summed E-state index contributed by atoms with van der Waals surface area (Å²) >= 11 is 5.91. The zero-order chi connectivity index (χ0) is 10.7. The maximum Gasteiger partial charge on any atom is 0.0601 e. The quantitative estimate of drug-likeness (QED) is 0.851. The number of methoxy groups -OCH3 is 1. The van der Waals surface area contributed by atoms with Crippen molar-refractivity contribution in [3.8, 4) is 0 Å². The van der Waals surface area contributed by atoms with Gasteiger partial charge < -0.3 is 10.1 Å². The van der Waals surface area contributed by atoms with Crippen LogP contribution in [0.25, 0.3) is 0 Å². The lowest BCUT2D eigenvalue weighted by atomic mass is 9.89. The van der Waals surface area contributed by atoms with E-state index in [1.807, 2.05) is 18.2 Å². The van der Waals surface area contributed by atoms with Gasteiger partial charge >= 0.3 is 0 Å². The Balaban J connectivity index is 1.75. The molecule has 1 fully saturated rings. The first kappa shape index (κ1) is 10.9. The maximum atomic E-state index is 5.91. The van der Waals surface area contributed by atoms with Gasteiger partial charge in [0.1, 0.15) is 0 Å². The van der Waals surface area contributed by atoms with Gasteiger partial charge in [-0.25, -0.2) is 0 Å². The van der Waals surface area contributed by atoms with Crippen LogP contribution in [0.3, 0.4) is 0 Å². The molecule has 0 heterocycles. The fourth-order valence-electron chi connectivity index (χ4n) is 1.83. The van der Waals surface area contributed by atoms with Crippen molar-refractivity contribution in [3.05, 3.63) is 34.9 Å². The summed E-state index contributed by atoms with van der Waals surface area (Å²) in [6, 6.07) is 8.58. The maximum absolute atomic E-state index is 5.91. The highest BCUT2D eigenvalue weighted by Crippen LogP contribution is 2.23. The number of halogens is 1. The molecule has 0 amide bonds. The van der Waals surface area contributed by atoms with Crippen molar-refractivity contribution in [3.63, 3.8) is 0 Å². The van der Waals surface area contributed by atoms with E-state index in [4.69, 9.17) is 16.3 Å². The molecule has 0 radical (unpaired) electrons. The Bertz CT molecular complexity index is 323. The Morgan fingerprint density at radius 1 is 1.47 bits per heavy atom. The van der Waals surface area contributed by atoms with Crippen LogP contribution < -0.4 is 5.32 Å². The van der Waals surface area contributed by atoms with Gasteiger partial charge in [0.15, 0.2) is 0 Å². The van der Waals surface area contributed by atoms with Crippen molar-refractivity contribution in [2.75, 3.05) is 7.11 Å². The van der Waals surface area contributed by atoms with Gasteiger partial charge in [-0.1, -0.05) is 23.7 Å². The molecule has 0 unspecified atom stereocenters. The van der Waals surface area contributed by atoms with Gasteiger partial charge in [0.05, 0.1) is 6.10 Å². The number of rotatable bonds is 4.